The van der Waals surface area contributed by atoms with Crippen molar-refractivity contribution in [3.05, 3.63) is 34.2 Å². The number of halogens is 2. The fraction of sp³-hybridized carbons (Fsp3) is 0.231. The van der Waals surface area contributed by atoms with Crippen molar-refractivity contribution < 1.29 is 13.9 Å². The third-order valence-electron chi connectivity index (χ3n) is 2.63. The van der Waals surface area contributed by atoms with Gasteiger partial charge in [0.25, 0.3) is 0 Å². The number of nitrogens with zero attached hydrogens (tertiary/aromatic N) is 1. The highest BCUT2D eigenvalue weighted by Crippen LogP contribution is 2.30. The number of nitrogens with one attached hydrogen (secondary N) is 1. The summed E-state index contributed by atoms with van der Waals surface area (Å²) in [5.74, 6) is -0.932. The van der Waals surface area contributed by atoms with Crippen LogP contribution in [0.1, 0.15) is 17.3 Å². The number of benzene rings is 1. The molecule has 0 bridgehead atoms. The molecule has 0 spiro atoms. The Balaban J connectivity index is 2.72. The average molecular weight is 327 g/mol. The number of ether oxygens (including phenoxy) is 1. The van der Waals surface area contributed by atoms with Crippen LogP contribution in [0.5, 0.6) is 0 Å². The van der Waals surface area contributed by atoms with Gasteiger partial charge in [-0.1, -0.05) is 15.9 Å². The quantitative estimate of drug-likeness (QED) is 0.879. The predicted octanol–water partition coefficient (Wildman–Crippen LogP) is 3.35. The van der Waals surface area contributed by atoms with Gasteiger partial charge < -0.3 is 10.1 Å². The molecule has 0 atom stereocenters. The first kappa shape index (κ1) is 13.7. The summed E-state index contributed by atoms with van der Waals surface area (Å²) in [7, 11) is 1.66. The maximum Gasteiger partial charge on any atom is 0.341 e. The van der Waals surface area contributed by atoms with Crippen molar-refractivity contribution in [2.45, 2.75) is 6.92 Å². The van der Waals surface area contributed by atoms with Crippen LogP contribution in [-0.4, -0.2) is 24.6 Å². The number of pyridine rings is 1. The Hall–Kier alpha value is -1.69. The Labute approximate surface area is 118 Å². The minimum absolute atomic E-state index is 0.209. The Kier molecular flexibility index (Phi) is 3.99. The van der Waals surface area contributed by atoms with E-state index < -0.39 is 11.8 Å². The van der Waals surface area contributed by atoms with Gasteiger partial charge in [-0.3, -0.25) is 4.98 Å². The van der Waals surface area contributed by atoms with E-state index in [1.807, 2.05) is 0 Å². The summed E-state index contributed by atoms with van der Waals surface area (Å²) in [6.07, 6.45) is 1.32. The Morgan fingerprint density at radius 1 is 1.53 bits per heavy atom. The Morgan fingerprint density at radius 2 is 2.26 bits per heavy atom. The highest BCUT2D eigenvalue weighted by molar-refractivity contribution is 9.10. The maximum absolute atomic E-state index is 13.8. The summed E-state index contributed by atoms with van der Waals surface area (Å²) >= 11 is 3.23. The van der Waals surface area contributed by atoms with Crippen molar-refractivity contribution in [3.63, 3.8) is 0 Å². The van der Waals surface area contributed by atoms with E-state index in [0.29, 0.717) is 15.5 Å². The Bertz CT molecular complexity index is 646. The van der Waals surface area contributed by atoms with Crippen LogP contribution in [0.15, 0.2) is 22.8 Å². The molecule has 0 aliphatic rings. The number of anilines is 1. The van der Waals surface area contributed by atoms with Gasteiger partial charge in [-0.25, -0.2) is 9.18 Å². The second kappa shape index (κ2) is 5.52. The molecule has 1 N–H and O–H groups in total. The topological polar surface area (TPSA) is 51.2 Å². The molecule has 0 fully saturated rings. The van der Waals surface area contributed by atoms with Gasteiger partial charge in [-0.2, -0.15) is 0 Å². The summed E-state index contributed by atoms with van der Waals surface area (Å²) < 4.78 is 19.3. The molecule has 2 rings (SSSR count). The number of fused-ring (bicyclic) bond motifs is 1. The van der Waals surface area contributed by atoms with E-state index in [9.17, 15) is 9.18 Å². The van der Waals surface area contributed by atoms with E-state index >= 15 is 0 Å². The molecule has 0 amide bonds. The molecule has 0 aliphatic carbocycles. The molecule has 0 saturated carbocycles. The van der Waals surface area contributed by atoms with Crippen LogP contribution in [0.2, 0.25) is 0 Å². The van der Waals surface area contributed by atoms with Gasteiger partial charge in [0, 0.05) is 23.1 Å². The van der Waals surface area contributed by atoms with Crippen LogP contribution < -0.4 is 5.32 Å². The first-order valence-corrected chi connectivity index (χ1v) is 6.50. The van der Waals surface area contributed by atoms with Gasteiger partial charge >= 0.3 is 5.97 Å². The van der Waals surface area contributed by atoms with Crippen molar-refractivity contribution in [1.82, 2.24) is 4.98 Å². The van der Waals surface area contributed by atoms with Crippen molar-refractivity contribution in [3.8, 4) is 0 Å². The van der Waals surface area contributed by atoms with Crippen LogP contribution in [0.25, 0.3) is 10.9 Å². The van der Waals surface area contributed by atoms with Gasteiger partial charge in [0.15, 0.2) is 5.82 Å². The molecular weight excluding hydrogens is 315 g/mol. The number of esters is 1. The standard InChI is InChI=1S/C13H12BrFN2O2/c1-3-19-13(18)9-6-17-12-8(11(9)16-2)4-7(14)5-10(12)15/h4-6H,3H2,1-2H3,(H,16,17). The zero-order valence-electron chi connectivity index (χ0n) is 10.5. The highest BCUT2D eigenvalue weighted by Gasteiger charge is 2.17. The summed E-state index contributed by atoms with van der Waals surface area (Å²) in [6.45, 7) is 1.99. The molecule has 0 unspecified atom stereocenters. The molecule has 6 heteroatoms. The van der Waals surface area contributed by atoms with E-state index in [2.05, 4.69) is 26.2 Å². The van der Waals surface area contributed by atoms with E-state index in [1.54, 1.807) is 20.0 Å². The fourth-order valence-electron chi connectivity index (χ4n) is 1.86. The third-order valence-corrected chi connectivity index (χ3v) is 3.09. The molecule has 2 aromatic rings. The molecule has 1 aromatic carbocycles. The number of carbonyl (C=O) groups excluding carboxylic acids is 1. The normalized spacial score (nSPS) is 10.5. The molecule has 0 saturated heterocycles. The minimum atomic E-state index is -0.485. The zero-order valence-corrected chi connectivity index (χ0v) is 12.0. The SMILES string of the molecule is CCOC(=O)c1cnc2c(F)cc(Br)cc2c1NC. The van der Waals surface area contributed by atoms with E-state index in [1.165, 1.54) is 12.3 Å². The largest absolute Gasteiger partial charge is 0.462 e. The summed E-state index contributed by atoms with van der Waals surface area (Å²) in [6, 6.07) is 3.04. The number of rotatable bonds is 3. The van der Waals surface area contributed by atoms with E-state index in [4.69, 9.17) is 4.74 Å². The van der Waals surface area contributed by atoms with Gasteiger partial charge in [0.1, 0.15) is 11.1 Å². The first-order valence-electron chi connectivity index (χ1n) is 5.71. The molecule has 1 aromatic heterocycles. The van der Waals surface area contributed by atoms with Gasteiger partial charge in [0.05, 0.1) is 12.3 Å². The number of hydrogen-bond acceptors (Lipinski definition) is 4. The van der Waals surface area contributed by atoms with Crippen molar-refractivity contribution in [2.24, 2.45) is 0 Å². The molecule has 100 valence electrons. The molecule has 0 aliphatic heterocycles. The average Bonchev–Trinajstić information content (AvgIpc) is 2.37. The van der Waals surface area contributed by atoms with Gasteiger partial charge in [-0.05, 0) is 19.1 Å². The number of aromatic nitrogens is 1. The van der Waals surface area contributed by atoms with Crippen LogP contribution in [-0.2, 0) is 4.74 Å². The van der Waals surface area contributed by atoms with Gasteiger partial charge in [-0.15, -0.1) is 0 Å². The smallest absolute Gasteiger partial charge is 0.341 e. The second-order valence-corrected chi connectivity index (χ2v) is 4.72. The molecule has 1 heterocycles. The lowest BCUT2D eigenvalue weighted by Crippen LogP contribution is -2.09. The Morgan fingerprint density at radius 3 is 2.89 bits per heavy atom. The summed E-state index contributed by atoms with van der Waals surface area (Å²) in [4.78, 5) is 15.8. The van der Waals surface area contributed by atoms with Crippen LogP contribution in [0.4, 0.5) is 10.1 Å². The van der Waals surface area contributed by atoms with Crippen molar-refractivity contribution in [1.29, 1.82) is 0 Å². The molecule has 0 radical (unpaired) electrons. The summed E-state index contributed by atoms with van der Waals surface area (Å²) in [5.41, 5.74) is 0.999. The summed E-state index contributed by atoms with van der Waals surface area (Å²) in [5, 5.41) is 3.43. The minimum Gasteiger partial charge on any atom is -0.462 e. The molecule has 19 heavy (non-hydrogen) atoms. The lowest BCUT2D eigenvalue weighted by atomic mass is 10.1. The fourth-order valence-corrected chi connectivity index (χ4v) is 2.29. The third kappa shape index (κ3) is 2.53. The first-order chi connectivity index (χ1) is 9.08. The van der Waals surface area contributed by atoms with Crippen LogP contribution in [0.3, 0.4) is 0 Å². The van der Waals surface area contributed by atoms with Crippen LogP contribution in [0, 0.1) is 5.82 Å². The monoisotopic (exact) mass is 326 g/mol. The predicted molar refractivity (Wildman–Crippen MR) is 74.9 cm³/mol. The lowest BCUT2D eigenvalue weighted by molar-refractivity contribution is 0.0527. The maximum atomic E-state index is 13.8. The molecule has 4 nitrogen and oxygen atoms in total. The van der Waals surface area contributed by atoms with Crippen molar-refractivity contribution >= 4 is 38.5 Å². The second-order valence-electron chi connectivity index (χ2n) is 3.80. The lowest BCUT2D eigenvalue weighted by Gasteiger charge is -2.11. The van der Waals surface area contributed by atoms with Crippen LogP contribution >= 0.6 is 15.9 Å². The molecular formula is C13H12BrFN2O2. The van der Waals surface area contributed by atoms with E-state index in [-0.39, 0.29) is 17.7 Å². The number of hydrogen-bond donors (Lipinski definition) is 1. The highest BCUT2D eigenvalue weighted by atomic mass is 79.9. The van der Waals surface area contributed by atoms with Crippen molar-refractivity contribution in [2.75, 3.05) is 19.0 Å². The van der Waals surface area contributed by atoms with Gasteiger partial charge in [0.2, 0.25) is 0 Å². The zero-order chi connectivity index (χ0) is 14.0. The number of carbonyl (C=O) groups is 1. The van der Waals surface area contributed by atoms with E-state index in [0.717, 1.165) is 0 Å².